The van der Waals surface area contributed by atoms with Crippen molar-refractivity contribution in [2.24, 2.45) is 7.05 Å². The molecule has 118 valence electrons. The van der Waals surface area contributed by atoms with E-state index in [9.17, 15) is 14.4 Å². The molecule has 0 aliphatic rings. The monoisotopic (exact) mass is 386 g/mol. The molecule has 0 spiro atoms. The Bertz CT molecular complexity index is 762. The van der Waals surface area contributed by atoms with Gasteiger partial charge in [-0.05, 0) is 28.9 Å². The zero-order valence-electron chi connectivity index (χ0n) is 12.1. The molecule has 2 N–H and O–H groups in total. The van der Waals surface area contributed by atoms with Gasteiger partial charge >= 0.3 is 4.87 Å². The topological polar surface area (TPSA) is 85.1 Å². The van der Waals surface area contributed by atoms with Crippen LogP contribution in [0, 0.1) is 6.92 Å². The van der Waals surface area contributed by atoms with Crippen LogP contribution < -0.4 is 15.7 Å². The number of carbonyl (C=O) groups excluding carboxylic acids is 2. The van der Waals surface area contributed by atoms with Crippen LogP contribution in [0.25, 0.3) is 0 Å². The molecule has 9 heteroatoms. The number of halogens is 1. The predicted octanol–water partition coefficient (Wildman–Crippen LogP) is 1.17. The molecular formula is C13H15BrN4O3S. The van der Waals surface area contributed by atoms with Gasteiger partial charge in [0.25, 0.3) is 5.91 Å². The van der Waals surface area contributed by atoms with E-state index in [1.807, 2.05) is 6.92 Å². The van der Waals surface area contributed by atoms with E-state index >= 15 is 0 Å². The van der Waals surface area contributed by atoms with Gasteiger partial charge in [-0.25, -0.2) is 0 Å². The van der Waals surface area contributed by atoms with Gasteiger partial charge in [-0.3, -0.25) is 25.2 Å². The first-order valence-electron chi connectivity index (χ1n) is 6.44. The second-order valence-corrected chi connectivity index (χ2v) is 6.44. The molecule has 0 aliphatic heterocycles. The number of nitrogens with zero attached hydrogens (tertiary/aromatic N) is 2. The standard InChI is InChI=1S/C13H15BrN4O3S/c1-8-7-22-13(21)18(8)4-3-11(19)15-16-12(20)10-5-9(14)6-17(10)2/h5-7H,3-4H2,1-2H3,(H,15,19)(H,16,20). The molecule has 0 fully saturated rings. The number of carbonyl (C=O) groups is 2. The predicted molar refractivity (Wildman–Crippen MR) is 86.7 cm³/mol. The van der Waals surface area contributed by atoms with Gasteiger partial charge in [0.15, 0.2) is 0 Å². The first-order valence-corrected chi connectivity index (χ1v) is 8.11. The second-order valence-electron chi connectivity index (χ2n) is 4.70. The molecule has 0 bridgehead atoms. The minimum absolute atomic E-state index is 0.0944. The van der Waals surface area contributed by atoms with E-state index in [4.69, 9.17) is 0 Å². The zero-order valence-corrected chi connectivity index (χ0v) is 14.5. The van der Waals surface area contributed by atoms with Crippen LogP contribution >= 0.6 is 27.3 Å². The molecule has 7 nitrogen and oxygen atoms in total. The van der Waals surface area contributed by atoms with Gasteiger partial charge in [0.2, 0.25) is 5.91 Å². The van der Waals surface area contributed by atoms with Crippen LogP contribution in [0.4, 0.5) is 0 Å². The average molecular weight is 387 g/mol. The normalized spacial score (nSPS) is 10.5. The SMILES string of the molecule is Cc1csc(=O)n1CCC(=O)NNC(=O)c1cc(Br)cn1C. The van der Waals surface area contributed by atoms with Gasteiger partial charge < -0.3 is 9.13 Å². The van der Waals surface area contributed by atoms with Gasteiger partial charge in [0.1, 0.15) is 5.69 Å². The van der Waals surface area contributed by atoms with Crippen molar-refractivity contribution in [3.8, 4) is 0 Å². The molecule has 2 aromatic heterocycles. The molecule has 0 atom stereocenters. The highest BCUT2D eigenvalue weighted by Gasteiger charge is 2.12. The fourth-order valence-corrected chi connectivity index (χ4v) is 3.18. The first-order chi connectivity index (χ1) is 10.4. The lowest BCUT2D eigenvalue weighted by Gasteiger charge is -2.08. The first kappa shape index (κ1) is 16.5. The number of nitrogens with one attached hydrogen (secondary N) is 2. The lowest BCUT2D eigenvalue weighted by molar-refractivity contribution is -0.122. The van der Waals surface area contributed by atoms with Crippen LogP contribution in [0.5, 0.6) is 0 Å². The van der Waals surface area contributed by atoms with Crippen molar-refractivity contribution in [2.45, 2.75) is 19.9 Å². The number of aromatic nitrogens is 2. The lowest BCUT2D eigenvalue weighted by Crippen LogP contribution is -2.42. The van der Waals surface area contributed by atoms with Crippen molar-refractivity contribution in [3.05, 3.63) is 43.2 Å². The summed E-state index contributed by atoms with van der Waals surface area (Å²) in [5.41, 5.74) is 5.92. The van der Waals surface area contributed by atoms with Gasteiger partial charge in [-0.1, -0.05) is 11.3 Å². The summed E-state index contributed by atoms with van der Waals surface area (Å²) >= 11 is 4.37. The van der Waals surface area contributed by atoms with Gasteiger partial charge in [0.05, 0.1) is 0 Å². The summed E-state index contributed by atoms with van der Waals surface area (Å²) in [6.45, 7) is 2.09. The van der Waals surface area contributed by atoms with E-state index in [-0.39, 0.29) is 23.7 Å². The molecule has 2 aromatic rings. The summed E-state index contributed by atoms with van der Waals surface area (Å²) < 4.78 is 3.94. The molecule has 0 aromatic carbocycles. The molecule has 0 radical (unpaired) electrons. The van der Waals surface area contributed by atoms with Crippen LogP contribution in [-0.4, -0.2) is 20.9 Å². The lowest BCUT2D eigenvalue weighted by atomic mass is 10.4. The molecule has 2 heterocycles. The summed E-state index contributed by atoms with van der Waals surface area (Å²) in [5, 5.41) is 1.75. The summed E-state index contributed by atoms with van der Waals surface area (Å²) in [4.78, 5) is 35.1. The van der Waals surface area contributed by atoms with Crippen LogP contribution in [0.1, 0.15) is 22.6 Å². The van der Waals surface area contributed by atoms with Crippen LogP contribution in [-0.2, 0) is 18.4 Å². The molecule has 22 heavy (non-hydrogen) atoms. The van der Waals surface area contributed by atoms with Gasteiger partial charge in [-0.15, -0.1) is 0 Å². The largest absolute Gasteiger partial charge is 0.345 e. The average Bonchev–Trinajstić information content (AvgIpc) is 2.96. The maximum absolute atomic E-state index is 11.9. The third-order valence-corrected chi connectivity index (χ3v) is 4.37. The van der Waals surface area contributed by atoms with E-state index in [0.29, 0.717) is 5.69 Å². The minimum atomic E-state index is -0.412. The van der Waals surface area contributed by atoms with Crippen LogP contribution in [0.3, 0.4) is 0 Å². The van der Waals surface area contributed by atoms with Crippen LogP contribution in [0.2, 0.25) is 0 Å². The Balaban J connectivity index is 1.84. The Morgan fingerprint density at radius 3 is 2.64 bits per heavy atom. The number of hydrogen-bond donors (Lipinski definition) is 2. The fourth-order valence-electron chi connectivity index (χ4n) is 1.89. The Labute approximate surface area is 139 Å². The number of hydrogen-bond acceptors (Lipinski definition) is 4. The Hall–Kier alpha value is -1.87. The number of rotatable bonds is 4. The smallest absolute Gasteiger partial charge is 0.307 e. The maximum atomic E-state index is 11.9. The van der Waals surface area contributed by atoms with Crippen molar-refractivity contribution < 1.29 is 9.59 Å². The van der Waals surface area contributed by atoms with Crippen molar-refractivity contribution >= 4 is 39.1 Å². The maximum Gasteiger partial charge on any atom is 0.307 e. The minimum Gasteiger partial charge on any atom is -0.345 e. The molecule has 0 unspecified atom stereocenters. The van der Waals surface area contributed by atoms with Crippen LogP contribution in [0.15, 0.2) is 26.9 Å². The van der Waals surface area contributed by atoms with Gasteiger partial charge in [-0.2, -0.15) is 0 Å². The number of aryl methyl sites for hydroxylation is 2. The highest BCUT2D eigenvalue weighted by atomic mass is 79.9. The summed E-state index contributed by atoms with van der Waals surface area (Å²) in [6, 6.07) is 1.65. The highest BCUT2D eigenvalue weighted by Crippen LogP contribution is 2.13. The van der Waals surface area contributed by atoms with Crippen molar-refractivity contribution in [1.82, 2.24) is 20.0 Å². The fraction of sp³-hybridized carbons (Fsp3) is 0.308. The molecule has 0 aliphatic carbocycles. The number of amides is 2. The van der Waals surface area contributed by atoms with Crippen molar-refractivity contribution in [2.75, 3.05) is 0 Å². The van der Waals surface area contributed by atoms with E-state index < -0.39 is 5.91 Å². The quantitative estimate of drug-likeness (QED) is 0.773. The Morgan fingerprint density at radius 1 is 1.36 bits per heavy atom. The van der Waals surface area contributed by atoms with Crippen molar-refractivity contribution in [3.63, 3.8) is 0 Å². The van der Waals surface area contributed by atoms with E-state index in [1.54, 1.807) is 29.3 Å². The van der Waals surface area contributed by atoms with E-state index in [1.165, 1.54) is 4.57 Å². The summed E-state index contributed by atoms with van der Waals surface area (Å²) in [6.07, 6.45) is 1.84. The third kappa shape index (κ3) is 3.86. The van der Waals surface area contributed by atoms with E-state index in [0.717, 1.165) is 21.5 Å². The molecule has 2 rings (SSSR count). The summed E-state index contributed by atoms with van der Waals surface area (Å²) in [7, 11) is 1.73. The van der Waals surface area contributed by atoms with E-state index in [2.05, 4.69) is 26.8 Å². The number of hydrazine groups is 1. The molecule has 0 saturated carbocycles. The summed E-state index contributed by atoms with van der Waals surface area (Å²) in [5.74, 6) is -0.774. The Morgan fingerprint density at radius 2 is 2.09 bits per heavy atom. The molecular weight excluding hydrogens is 372 g/mol. The molecule has 0 saturated heterocycles. The van der Waals surface area contributed by atoms with Crippen molar-refractivity contribution in [1.29, 1.82) is 0 Å². The zero-order chi connectivity index (χ0) is 16.3. The molecule has 2 amide bonds. The Kier molecular flexibility index (Phi) is 5.19. The van der Waals surface area contributed by atoms with Gasteiger partial charge in [0, 0.05) is 41.8 Å². The second kappa shape index (κ2) is 6.93. The third-order valence-electron chi connectivity index (χ3n) is 3.06. The number of thiazole rings is 1. The highest BCUT2D eigenvalue weighted by molar-refractivity contribution is 9.10.